The van der Waals surface area contributed by atoms with Crippen LogP contribution in [0.1, 0.15) is 0 Å². The standard InChI is InChI=1S/C10H9N3OS/c14-10(13-9-6-15-7-11-9)12-8-4-2-1-3-5-8/h1-7H,(H2,12,13,14). The molecule has 0 radical (unpaired) electrons. The number of aromatic nitrogens is 1. The van der Waals surface area contributed by atoms with Crippen LogP contribution >= 0.6 is 11.3 Å². The molecule has 2 rings (SSSR count). The molecule has 0 aliphatic heterocycles. The molecule has 2 N–H and O–H groups in total. The first-order valence-corrected chi connectivity index (χ1v) is 5.30. The Balaban J connectivity index is 1.94. The smallest absolute Gasteiger partial charge is 0.308 e. The van der Waals surface area contributed by atoms with Gasteiger partial charge in [0.1, 0.15) is 5.82 Å². The second kappa shape index (κ2) is 4.56. The molecule has 2 amide bonds. The van der Waals surface area contributed by atoms with Crippen molar-refractivity contribution >= 4 is 28.9 Å². The summed E-state index contributed by atoms with van der Waals surface area (Å²) in [5.41, 5.74) is 2.42. The Bertz CT molecular complexity index is 427. The predicted molar refractivity (Wildman–Crippen MR) is 61.2 cm³/mol. The number of hydrogen-bond acceptors (Lipinski definition) is 3. The first-order chi connectivity index (χ1) is 7.34. The molecule has 2 aromatic rings. The van der Waals surface area contributed by atoms with E-state index >= 15 is 0 Å². The SMILES string of the molecule is O=C(Nc1ccccc1)Nc1cscn1. The third-order valence-electron chi connectivity index (χ3n) is 1.71. The third-order valence-corrected chi connectivity index (χ3v) is 2.29. The molecule has 1 heterocycles. The number of hydrogen-bond donors (Lipinski definition) is 2. The Morgan fingerprint density at radius 3 is 2.67 bits per heavy atom. The van der Waals surface area contributed by atoms with Crippen molar-refractivity contribution in [1.29, 1.82) is 0 Å². The third kappa shape index (κ3) is 2.78. The van der Waals surface area contributed by atoms with Crippen LogP contribution in [-0.2, 0) is 0 Å². The number of thiazole rings is 1. The Labute approximate surface area is 91.0 Å². The first kappa shape index (κ1) is 9.67. The summed E-state index contributed by atoms with van der Waals surface area (Å²) in [5.74, 6) is 0.563. The van der Waals surface area contributed by atoms with E-state index in [0.29, 0.717) is 5.82 Å². The van der Waals surface area contributed by atoms with Crippen molar-refractivity contribution in [2.24, 2.45) is 0 Å². The number of nitrogens with zero attached hydrogens (tertiary/aromatic N) is 1. The van der Waals surface area contributed by atoms with Gasteiger partial charge in [-0.1, -0.05) is 18.2 Å². The fourth-order valence-electron chi connectivity index (χ4n) is 1.07. The molecule has 0 atom stereocenters. The highest BCUT2D eigenvalue weighted by Crippen LogP contribution is 2.09. The lowest BCUT2D eigenvalue weighted by atomic mass is 10.3. The Kier molecular flexibility index (Phi) is 2.94. The topological polar surface area (TPSA) is 54.0 Å². The minimum Gasteiger partial charge on any atom is -0.308 e. The largest absolute Gasteiger partial charge is 0.324 e. The van der Waals surface area contributed by atoms with Gasteiger partial charge >= 0.3 is 6.03 Å². The van der Waals surface area contributed by atoms with E-state index in [9.17, 15) is 4.79 Å². The van der Waals surface area contributed by atoms with Crippen LogP contribution in [0.4, 0.5) is 16.3 Å². The van der Waals surface area contributed by atoms with Gasteiger partial charge in [0.25, 0.3) is 0 Å². The van der Waals surface area contributed by atoms with Gasteiger partial charge in [0, 0.05) is 11.1 Å². The zero-order valence-corrected chi connectivity index (χ0v) is 8.62. The first-order valence-electron chi connectivity index (χ1n) is 4.36. The van der Waals surface area contributed by atoms with Crippen LogP contribution in [0.5, 0.6) is 0 Å². The number of anilines is 2. The number of urea groups is 1. The highest BCUT2D eigenvalue weighted by atomic mass is 32.1. The zero-order valence-electron chi connectivity index (χ0n) is 7.81. The summed E-state index contributed by atoms with van der Waals surface area (Å²) >= 11 is 1.43. The molecular weight excluding hydrogens is 210 g/mol. The van der Waals surface area contributed by atoms with Crippen LogP contribution in [0.15, 0.2) is 41.2 Å². The lowest BCUT2D eigenvalue weighted by Gasteiger charge is -2.04. The summed E-state index contributed by atoms with van der Waals surface area (Å²) in [6.07, 6.45) is 0. The van der Waals surface area contributed by atoms with E-state index in [2.05, 4.69) is 15.6 Å². The number of carbonyl (C=O) groups is 1. The van der Waals surface area contributed by atoms with Crippen LogP contribution in [0.2, 0.25) is 0 Å². The van der Waals surface area contributed by atoms with Crippen molar-refractivity contribution in [3.8, 4) is 0 Å². The summed E-state index contributed by atoms with van der Waals surface area (Å²) in [6.45, 7) is 0. The second-order valence-corrected chi connectivity index (χ2v) is 3.54. The van der Waals surface area contributed by atoms with Crippen LogP contribution in [0, 0.1) is 0 Å². The molecule has 5 heteroatoms. The van der Waals surface area contributed by atoms with Crippen molar-refractivity contribution in [3.05, 3.63) is 41.2 Å². The number of benzene rings is 1. The van der Waals surface area contributed by atoms with Crippen LogP contribution in [0.3, 0.4) is 0 Å². The average molecular weight is 219 g/mol. The van der Waals surface area contributed by atoms with E-state index < -0.39 is 0 Å². The summed E-state index contributed by atoms with van der Waals surface area (Å²) in [7, 11) is 0. The number of para-hydroxylation sites is 1. The molecule has 0 bridgehead atoms. The minimum absolute atomic E-state index is 0.285. The van der Waals surface area contributed by atoms with Gasteiger partial charge in [-0.05, 0) is 12.1 Å². The number of nitrogens with one attached hydrogen (secondary N) is 2. The van der Waals surface area contributed by atoms with Gasteiger partial charge in [0.05, 0.1) is 5.51 Å². The summed E-state index contributed by atoms with van der Waals surface area (Å²) in [5, 5.41) is 7.08. The van der Waals surface area contributed by atoms with Gasteiger partial charge in [-0.2, -0.15) is 0 Å². The van der Waals surface area contributed by atoms with E-state index in [1.165, 1.54) is 11.3 Å². The van der Waals surface area contributed by atoms with E-state index in [1.807, 2.05) is 30.3 Å². The van der Waals surface area contributed by atoms with Crippen molar-refractivity contribution < 1.29 is 4.79 Å². The van der Waals surface area contributed by atoms with E-state index in [1.54, 1.807) is 10.9 Å². The van der Waals surface area contributed by atoms with Crippen molar-refractivity contribution in [2.75, 3.05) is 10.6 Å². The monoisotopic (exact) mass is 219 g/mol. The van der Waals surface area contributed by atoms with Gasteiger partial charge in [0.2, 0.25) is 0 Å². The highest BCUT2D eigenvalue weighted by molar-refractivity contribution is 7.07. The van der Waals surface area contributed by atoms with Gasteiger partial charge in [-0.3, -0.25) is 5.32 Å². The van der Waals surface area contributed by atoms with Crippen LogP contribution in [0.25, 0.3) is 0 Å². The Hall–Kier alpha value is -1.88. The second-order valence-electron chi connectivity index (χ2n) is 2.82. The van der Waals surface area contributed by atoms with Crippen molar-refractivity contribution in [2.45, 2.75) is 0 Å². The molecule has 76 valence electrons. The predicted octanol–water partition coefficient (Wildman–Crippen LogP) is 2.79. The van der Waals surface area contributed by atoms with Gasteiger partial charge in [-0.25, -0.2) is 9.78 Å². The van der Waals surface area contributed by atoms with Crippen molar-refractivity contribution in [3.63, 3.8) is 0 Å². The molecule has 15 heavy (non-hydrogen) atoms. The maximum Gasteiger partial charge on any atom is 0.324 e. The summed E-state index contributed by atoms with van der Waals surface area (Å²) in [6, 6.07) is 8.97. The van der Waals surface area contributed by atoms with Gasteiger partial charge in [0.15, 0.2) is 0 Å². The number of rotatable bonds is 2. The van der Waals surface area contributed by atoms with Crippen molar-refractivity contribution in [1.82, 2.24) is 4.98 Å². The zero-order chi connectivity index (χ0) is 10.5. The molecule has 1 aromatic heterocycles. The fourth-order valence-corrected chi connectivity index (χ4v) is 1.56. The van der Waals surface area contributed by atoms with Crippen LogP contribution < -0.4 is 10.6 Å². The molecule has 0 unspecified atom stereocenters. The maximum absolute atomic E-state index is 11.4. The summed E-state index contributed by atoms with van der Waals surface area (Å²) in [4.78, 5) is 15.4. The van der Waals surface area contributed by atoms with Crippen LogP contribution in [-0.4, -0.2) is 11.0 Å². The molecule has 0 fully saturated rings. The van der Waals surface area contributed by atoms with E-state index in [0.717, 1.165) is 5.69 Å². The molecule has 0 aliphatic carbocycles. The Morgan fingerprint density at radius 2 is 2.00 bits per heavy atom. The number of carbonyl (C=O) groups excluding carboxylic acids is 1. The molecule has 4 nitrogen and oxygen atoms in total. The Morgan fingerprint density at radius 1 is 1.20 bits per heavy atom. The van der Waals surface area contributed by atoms with Gasteiger partial charge in [-0.15, -0.1) is 11.3 Å². The maximum atomic E-state index is 11.4. The lowest BCUT2D eigenvalue weighted by molar-refractivity contribution is 0.262. The molecule has 0 saturated carbocycles. The molecular formula is C10H9N3OS. The van der Waals surface area contributed by atoms with E-state index in [4.69, 9.17) is 0 Å². The molecule has 0 aliphatic rings. The average Bonchev–Trinajstić information content (AvgIpc) is 2.71. The quantitative estimate of drug-likeness (QED) is 0.816. The lowest BCUT2D eigenvalue weighted by Crippen LogP contribution is -2.19. The number of amides is 2. The normalized spacial score (nSPS) is 9.60. The molecule has 1 aromatic carbocycles. The minimum atomic E-state index is -0.285. The van der Waals surface area contributed by atoms with Gasteiger partial charge < -0.3 is 5.32 Å². The van der Waals surface area contributed by atoms with E-state index in [-0.39, 0.29) is 6.03 Å². The molecule has 0 spiro atoms. The summed E-state index contributed by atoms with van der Waals surface area (Å²) < 4.78 is 0. The fraction of sp³-hybridized carbons (Fsp3) is 0. The highest BCUT2D eigenvalue weighted by Gasteiger charge is 2.02. The molecule has 0 saturated heterocycles.